The van der Waals surface area contributed by atoms with Crippen molar-refractivity contribution in [2.75, 3.05) is 39.5 Å². The van der Waals surface area contributed by atoms with Crippen molar-refractivity contribution in [1.29, 1.82) is 0 Å². The Morgan fingerprint density at radius 3 is 2.15 bits per heavy atom. The normalized spacial score (nSPS) is 18.8. The van der Waals surface area contributed by atoms with Gasteiger partial charge in [0, 0.05) is 19.2 Å². The molecular weight excluding hydrogens is 682 g/mol. The van der Waals surface area contributed by atoms with Crippen molar-refractivity contribution < 1.29 is 38.3 Å². The topological polar surface area (TPSA) is 99.2 Å². The first-order chi connectivity index (χ1) is 26.4. The fourth-order valence-corrected chi connectivity index (χ4v) is 6.66. The summed E-state index contributed by atoms with van der Waals surface area (Å²) >= 11 is 0. The molecule has 54 heavy (non-hydrogen) atoms. The van der Waals surface area contributed by atoms with Gasteiger partial charge in [-0.2, -0.15) is 0 Å². The van der Waals surface area contributed by atoms with Crippen LogP contribution in [-0.2, 0) is 18.0 Å². The highest BCUT2D eigenvalue weighted by molar-refractivity contribution is 5.97. The number of epoxide rings is 1. The third kappa shape index (κ3) is 10.6. The SMILES string of the molecule is CC(=O)c1cc(OCc2ccccc2)ccc1OC[C@H]1CO1.Oc1cccc([C@H]2CCCN(C[C@H]3COc4ccc(OCc5ccccc5)cc4O3)C2)c1. The minimum absolute atomic E-state index is 0.0187. The van der Waals surface area contributed by atoms with Crippen LogP contribution in [0.4, 0.5) is 0 Å². The van der Waals surface area contributed by atoms with Gasteiger partial charge in [0.1, 0.15) is 61.6 Å². The fraction of sp³-hybridized carbons (Fsp3) is 0.311. The summed E-state index contributed by atoms with van der Waals surface area (Å²) in [6.45, 7) is 7.12. The van der Waals surface area contributed by atoms with Gasteiger partial charge in [0.05, 0.1) is 12.2 Å². The maximum atomic E-state index is 11.8. The molecule has 280 valence electrons. The van der Waals surface area contributed by atoms with Crippen LogP contribution in [0.2, 0.25) is 0 Å². The second kappa shape index (κ2) is 18.0. The van der Waals surface area contributed by atoms with Crippen LogP contribution >= 0.6 is 0 Å². The van der Waals surface area contributed by atoms with Crippen LogP contribution in [0, 0.1) is 0 Å². The van der Waals surface area contributed by atoms with E-state index in [1.54, 1.807) is 18.2 Å². The predicted molar refractivity (Wildman–Crippen MR) is 206 cm³/mol. The molecule has 0 radical (unpaired) electrons. The number of aromatic hydroxyl groups is 1. The molecule has 0 aliphatic carbocycles. The quantitative estimate of drug-likeness (QED) is 0.0949. The molecule has 3 heterocycles. The Balaban J connectivity index is 0.000000179. The van der Waals surface area contributed by atoms with E-state index in [0.29, 0.717) is 55.2 Å². The lowest BCUT2D eigenvalue weighted by molar-refractivity contribution is 0.0501. The zero-order chi connectivity index (χ0) is 37.1. The lowest BCUT2D eigenvalue weighted by Gasteiger charge is -2.36. The number of hydrogen-bond acceptors (Lipinski definition) is 9. The zero-order valence-electron chi connectivity index (χ0n) is 30.6. The number of rotatable bonds is 13. The summed E-state index contributed by atoms with van der Waals surface area (Å²) in [4.78, 5) is 14.2. The first kappa shape index (κ1) is 36.8. The van der Waals surface area contributed by atoms with Gasteiger partial charge in [0.15, 0.2) is 17.3 Å². The molecule has 9 nitrogen and oxygen atoms in total. The molecule has 3 aliphatic heterocycles. The number of nitrogens with zero attached hydrogens (tertiary/aromatic N) is 1. The van der Waals surface area contributed by atoms with Gasteiger partial charge in [-0.1, -0.05) is 72.8 Å². The first-order valence-electron chi connectivity index (χ1n) is 18.6. The molecule has 1 N–H and O–H groups in total. The second-order valence-electron chi connectivity index (χ2n) is 13.9. The van der Waals surface area contributed by atoms with Gasteiger partial charge in [-0.3, -0.25) is 9.69 Å². The van der Waals surface area contributed by atoms with E-state index in [1.807, 2.05) is 84.9 Å². The molecule has 0 bridgehead atoms. The number of ketones is 1. The third-order valence-electron chi connectivity index (χ3n) is 9.60. The van der Waals surface area contributed by atoms with Gasteiger partial charge in [0.2, 0.25) is 0 Å². The van der Waals surface area contributed by atoms with Crippen LogP contribution in [-0.4, -0.2) is 67.5 Å². The summed E-state index contributed by atoms with van der Waals surface area (Å²) in [5.74, 6) is 4.25. The number of ether oxygens (including phenoxy) is 6. The van der Waals surface area contributed by atoms with E-state index in [2.05, 4.69) is 23.1 Å². The van der Waals surface area contributed by atoms with Gasteiger partial charge in [-0.15, -0.1) is 0 Å². The number of likely N-dealkylation sites (tertiary alicyclic amines) is 1. The maximum absolute atomic E-state index is 11.8. The molecular formula is C45H47NO8. The summed E-state index contributed by atoms with van der Waals surface area (Å²) in [7, 11) is 0. The van der Waals surface area contributed by atoms with Crippen LogP contribution in [0.25, 0.3) is 0 Å². The Kier molecular flexibility index (Phi) is 12.3. The number of fused-ring (bicyclic) bond motifs is 1. The molecule has 9 heteroatoms. The van der Waals surface area contributed by atoms with Gasteiger partial charge >= 0.3 is 0 Å². The Labute approximate surface area is 317 Å². The van der Waals surface area contributed by atoms with Crippen LogP contribution in [0.1, 0.15) is 52.7 Å². The number of hydrogen-bond donors (Lipinski definition) is 1. The molecule has 0 amide bonds. The molecule has 3 atom stereocenters. The lowest BCUT2D eigenvalue weighted by atomic mass is 9.90. The Morgan fingerprint density at radius 2 is 1.46 bits per heavy atom. The summed E-state index contributed by atoms with van der Waals surface area (Å²) in [5.41, 5.74) is 3.96. The molecule has 5 aromatic rings. The molecule has 3 aliphatic rings. The Bertz CT molecular complexity index is 1970. The van der Waals surface area contributed by atoms with Gasteiger partial charge in [-0.25, -0.2) is 0 Å². The highest BCUT2D eigenvalue weighted by Crippen LogP contribution is 2.36. The van der Waals surface area contributed by atoms with Crippen LogP contribution in [0.15, 0.2) is 121 Å². The van der Waals surface area contributed by atoms with Crippen molar-refractivity contribution >= 4 is 5.78 Å². The van der Waals surface area contributed by atoms with E-state index in [9.17, 15) is 9.90 Å². The van der Waals surface area contributed by atoms with E-state index in [0.717, 1.165) is 67.5 Å². The summed E-state index contributed by atoms with van der Waals surface area (Å²) < 4.78 is 34.7. The molecule has 5 aromatic carbocycles. The molecule has 0 saturated carbocycles. The standard InChI is InChI=1S/C27H29NO4.C18H18O4/c29-23-10-4-8-21(14-23)22-9-5-13-28(16-22)17-25-19-31-26-12-11-24(15-27(26)32-25)30-18-20-6-2-1-3-7-20;1-13(19)17-9-15(20-10-14-5-3-2-4-6-14)7-8-18(17)22-12-16-11-21-16/h1-4,6-8,10-12,14-15,22,25,29H,5,9,13,16-19H2;2-9,16H,10-12H2,1H3/t22-,25-;16-/m01/s1. The molecule has 2 fully saturated rings. The first-order valence-corrected chi connectivity index (χ1v) is 18.6. The summed E-state index contributed by atoms with van der Waals surface area (Å²) in [5, 5.41) is 9.83. The minimum Gasteiger partial charge on any atom is -0.508 e. The van der Waals surface area contributed by atoms with Crippen molar-refractivity contribution in [3.63, 3.8) is 0 Å². The van der Waals surface area contributed by atoms with Crippen molar-refractivity contribution in [3.8, 4) is 34.5 Å². The predicted octanol–water partition coefficient (Wildman–Crippen LogP) is 8.24. The van der Waals surface area contributed by atoms with E-state index in [1.165, 1.54) is 12.5 Å². The van der Waals surface area contributed by atoms with E-state index >= 15 is 0 Å². The van der Waals surface area contributed by atoms with Crippen LogP contribution in [0.3, 0.4) is 0 Å². The summed E-state index contributed by atoms with van der Waals surface area (Å²) in [6, 6.07) is 38.8. The van der Waals surface area contributed by atoms with Gasteiger partial charge in [-0.05, 0) is 91.4 Å². The van der Waals surface area contributed by atoms with Gasteiger partial charge in [0.25, 0.3) is 0 Å². The Morgan fingerprint density at radius 1 is 0.759 bits per heavy atom. The zero-order valence-corrected chi connectivity index (χ0v) is 30.6. The van der Waals surface area contributed by atoms with Crippen molar-refractivity contribution in [2.45, 2.75) is 51.1 Å². The van der Waals surface area contributed by atoms with Crippen molar-refractivity contribution in [1.82, 2.24) is 4.90 Å². The molecule has 0 unspecified atom stereocenters. The number of benzene rings is 5. The highest BCUT2D eigenvalue weighted by Gasteiger charge is 2.28. The molecule has 2 saturated heterocycles. The molecule has 0 aromatic heterocycles. The minimum atomic E-state index is -0.0446. The van der Waals surface area contributed by atoms with Crippen molar-refractivity contribution in [3.05, 3.63) is 144 Å². The van der Waals surface area contributed by atoms with Gasteiger partial charge < -0.3 is 33.5 Å². The maximum Gasteiger partial charge on any atom is 0.165 e. The summed E-state index contributed by atoms with van der Waals surface area (Å²) in [6.07, 6.45) is 2.43. The van der Waals surface area contributed by atoms with E-state index < -0.39 is 0 Å². The van der Waals surface area contributed by atoms with Crippen molar-refractivity contribution in [2.24, 2.45) is 0 Å². The van der Waals surface area contributed by atoms with E-state index in [4.69, 9.17) is 28.4 Å². The van der Waals surface area contributed by atoms with Crippen LogP contribution in [0.5, 0.6) is 34.5 Å². The lowest BCUT2D eigenvalue weighted by Crippen LogP contribution is -2.44. The monoisotopic (exact) mass is 729 g/mol. The largest absolute Gasteiger partial charge is 0.508 e. The smallest absolute Gasteiger partial charge is 0.165 e. The highest BCUT2D eigenvalue weighted by atomic mass is 16.6. The number of Topliss-reactive ketones (excluding diaryl/α,β-unsaturated/α-hetero) is 1. The molecule has 8 rings (SSSR count). The van der Waals surface area contributed by atoms with Crippen LogP contribution < -0.4 is 23.7 Å². The number of carbonyl (C=O) groups excluding carboxylic acids is 1. The van der Waals surface area contributed by atoms with E-state index in [-0.39, 0.29) is 18.0 Å². The second-order valence-corrected chi connectivity index (χ2v) is 13.9. The fourth-order valence-electron chi connectivity index (χ4n) is 6.66. The number of carbonyl (C=O) groups is 1. The number of phenolic OH excluding ortho intramolecular Hbond substituents is 1. The third-order valence-corrected chi connectivity index (χ3v) is 9.60. The average Bonchev–Trinajstić information content (AvgIpc) is 4.04. The number of piperidine rings is 1. The Hall–Kier alpha value is -5.51. The molecule has 0 spiro atoms. The number of phenols is 1. The average molecular weight is 730 g/mol.